The summed E-state index contributed by atoms with van der Waals surface area (Å²) in [7, 11) is 0. The van der Waals surface area contributed by atoms with Crippen LogP contribution in [-0.2, 0) is 12.8 Å². The summed E-state index contributed by atoms with van der Waals surface area (Å²) in [6.45, 7) is 0. The molecule has 5 nitrogen and oxygen atoms in total. The number of hydrogen-bond acceptors (Lipinski definition) is 5. The molecule has 3 aromatic rings. The number of ketones is 2. The summed E-state index contributed by atoms with van der Waals surface area (Å²) >= 11 is 23.6. The van der Waals surface area contributed by atoms with E-state index in [1.807, 2.05) is 0 Å². The highest BCUT2D eigenvalue weighted by Gasteiger charge is 2.27. The van der Waals surface area contributed by atoms with Crippen molar-refractivity contribution in [2.75, 3.05) is 0 Å². The third-order valence-electron chi connectivity index (χ3n) is 4.51. The lowest BCUT2D eigenvalue weighted by molar-refractivity contribution is 0.0985. The Morgan fingerprint density at radius 1 is 0.613 bits per heavy atom. The number of benzene rings is 3. The molecule has 0 aromatic heterocycles. The molecule has 0 atom stereocenters. The van der Waals surface area contributed by atoms with Crippen molar-refractivity contribution in [2.45, 2.75) is 12.8 Å². The van der Waals surface area contributed by atoms with Gasteiger partial charge in [-0.05, 0) is 35.4 Å². The van der Waals surface area contributed by atoms with Crippen LogP contribution in [0.2, 0.25) is 20.1 Å². The van der Waals surface area contributed by atoms with E-state index < -0.39 is 39.9 Å². The molecule has 0 aliphatic carbocycles. The normalized spacial score (nSPS) is 10.8. The van der Waals surface area contributed by atoms with E-state index in [2.05, 4.69) is 0 Å². The second-order valence-corrected chi connectivity index (χ2v) is 8.34. The van der Waals surface area contributed by atoms with Crippen molar-refractivity contribution >= 4 is 58.0 Å². The highest BCUT2D eigenvalue weighted by atomic mass is 35.5. The molecule has 31 heavy (non-hydrogen) atoms. The van der Waals surface area contributed by atoms with Crippen molar-refractivity contribution < 1.29 is 24.9 Å². The van der Waals surface area contributed by atoms with Crippen molar-refractivity contribution in [3.63, 3.8) is 0 Å². The number of phenols is 3. The zero-order chi connectivity index (χ0) is 22.9. The van der Waals surface area contributed by atoms with Crippen LogP contribution in [0.25, 0.3) is 0 Å². The molecular formula is C22H14Cl4O5. The number of phenolic OH excluding ortho intramolecular Hbond substituents is 3. The molecule has 3 rings (SSSR count). The summed E-state index contributed by atoms with van der Waals surface area (Å²) in [5, 5.41) is 32.0. The zero-order valence-electron chi connectivity index (χ0n) is 15.6. The van der Waals surface area contributed by atoms with Gasteiger partial charge in [-0.15, -0.1) is 0 Å². The van der Waals surface area contributed by atoms with E-state index >= 15 is 0 Å². The zero-order valence-corrected chi connectivity index (χ0v) is 18.6. The summed E-state index contributed by atoms with van der Waals surface area (Å²) in [5.41, 5.74) is -0.00682. The molecular weight excluding hydrogens is 486 g/mol. The first kappa shape index (κ1) is 23.2. The van der Waals surface area contributed by atoms with E-state index in [9.17, 15) is 24.9 Å². The highest BCUT2D eigenvalue weighted by molar-refractivity contribution is 6.42. The van der Waals surface area contributed by atoms with Crippen molar-refractivity contribution in [3.05, 3.63) is 84.8 Å². The predicted octanol–water partition coefficient (Wildman–Crippen LogP) is 6.27. The number of carbonyl (C=O) groups is 2. The van der Waals surface area contributed by atoms with Crippen LogP contribution in [0.1, 0.15) is 31.8 Å². The Hall–Kier alpha value is -2.44. The fourth-order valence-electron chi connectivity index (χ4n) is 3.04. The molecule has 0 fully saturated rings. The van der Waals surface area contributed by atoms with E-state index in [0.29, 0.717) is 21.2 Å². The number of Topliss-reactive ketones (excluding diaryl/α,β-unsaturated/α-hetero) is 2. The van der Waals surface area contributed by atoms with Gasteiger partial charge in [0.2, 0.25) is 0 Å². The van der Waals surface area contributed by atoms with Gasteiger partial charge in [-0.1, -0.05) is 58.5 Å². The van der Waals surface area contributed by atoms with Crippen LogP contribution >= 0.6 is 46.4 Å². The number of carbonyl (C=O) groups excluding carboxylic acids is 2. The average molecular weight is 500 g/mol. The molecule has 0 radical (unpaired) electrons. The number of rotatable bonds is 6. The molecule has 0 unspecified atom stereocenters. The summed E-state index contributed by atoms with van der Waals surface area (Å²) in [4.78, 5) is 25.5. The van der Waals surface area contributed by atoms with E-state index in [0.717, 1.165) is 6.07 Å². The van der Waals surface area contributed by atoms with Gasteiger partial charge in [-0.2, -0.15) is 0 Å². The van der Waals surface area contributed by atoms with Crippen molar-refractivity contribution in [1.29, 1.82) is 0 Å². The van der Waals surface area contributed by atoms with E-state index in [1.165, 1.54) is 24.3 Å². The van der Waals surface area contributed by atoms with E-state index in [-0.39, 0.29) is 22.9 Å². The molecule has 0 aliphatic rings. The second kappa shape index (κ2) is 9.37. The first-order valence-electron chi connectivity index (χ1n) is 8.80. The van der Waals surface area contributed by atoms with Gasteiger partial charge < -0.3 is 15.3 Å². The fourth-order valence-corrected chi connectivity index (χ4v) is 3.68. The molecule has 0 heterocycles. The van der Waals surface area contributed by atoms with Crippen molar-refractivity contribution in [1.82, 2.24) is 0 Å². The predicted molar refractivity (Wildman–Crippen MR) is 120 cm³/mol. The van der Waals surface area contributed by atoms with E-state index in [4.69, 9.17) is 46.4 Å². The lowest BCUT2D eigenvalue weighted by atomic mass is 9.94. The topological polar surface area (TPSA) is 94.8 Å². The SMILES string of the molecule is O=C(Cc1ccc(Cl)c(Cl)c1)c1c(O)cc(O)c(C(=O)Cc2ccc(Cl)c(Cl)c2)c1O. The number of hydrogen-bond donors (Lipinski definition) is 3. The van der Waals surface area contributed by atoms with Crippen molar-refractivity contribution in [2.24, 2.45) is 0 Å². The van der Waals surface area contributed by atoms with Crippen LogP contribution in [-0.4, -0.2) is 26.9 Å². The van der Waals surface area contributed by atoms with Crippen LogP contribution in [0, 0.1) is 0 Å². The molecule has 0 saturated heterocycles. The Balaban J connectivity index is 1.94. The maximum atomic E-state index is 12.8. The molecule has 3 aromatic carbocycles. The molecule has 0 saturated carbocycles. The molecule has 0 aliphatic heterocycles. The maximum Gasteiger partial charge on any atom is 0.174 e. The lowest BCUT2D eigenvalue weighted by Gasteiger charge is -2.13. The van der Waals surface area contributed by atoms with Gasteiger partial charge in [-0.3, -0.25) is 9.59 Å². The van der Waals surface area contributed by atoms with Gasteiger partial charge in [0.1, 0.15) is 28.4 Å². The maximum absolute atomic E-state index is 12.8. The van der Waals surface area contributed by atoms with Gasteiger partial charge in [0, 0.05) is 18.9 Å². The Labute approximate surface area is 197 Å². The summed E-state index contributed by atoms with van der Waals surface area (Å²) in [6, 6.07) is 9.95. The molecule has 0 amide bonds. The Bertz CT molecular complexity index is 1120. The Morgan fingerprint density at radius 2 is 1.00 bits per heavy atom. The number of halogens is 4. The minimum absolute atomic E-state index is 0.233. The van der Waals surface area contributed by atoms with Gasteiger partial charge >= 0.3 is 0 Å². The molecule has 3 N–H and O–H groups in total. The quantitative estimate of drug-likeness (QED) is 0.347. The third-order valence-corrected chi connectivity index (χ3v) is 5.99. The summed E-state index contributed by atoms with van der Waals surface area (Å²) in [6.07, 6.45) is -0.466. The molecule has 0 bridgehead atoms. The van der Waals surface area contributed by atoms with Gasteiger partial charge in [0.05, 0.1) is 20.1 Å². The first-order valence-corrected chi connectivity index (χ1v) is 10.3. The molecule has 9 heteroatoms. The molecule has 160 valence electrons. The second-order valence-electron chi connectivity index (χ2n) is 6.71. The van der Waals surface area contributed by atoms with Crippen molar-refractivity contribution in [3.8, 4) is 17.2 Å². The monoisotopic (exact) mass is 498 g/mol. The summed E-state index contributed by atoms with van der Waals surface area (Å²) in [5.74, 6) is -3.50. The third kappa shape index (κ3) is 5.08. The van der Waals surface area contributed by atoms with Gasteiger partial charge in [0.15, 0.2) is 11.6 Å². The largest absolute Gasteiger partial charge is 0.507 e. The highest BCUT2D eigenvalue weighted by Crippen LogP contribution is 2.39. The molecule has 0 spiro atoms. The smallest absolute Gasteiger partial charge is 0.174 e. The average Bonchev–Trinajstić information content (AvgIpc) is 2.67. The standard InChI is InChI=1S/C22H14Cl4O5/c23-12-3-1-10(5-14(12)25)7-16(27)20-18(29)9-19(30)21(22(20)31)17(28)8-11-2-4-13(24)15(26)6-11/h1-6,9,29-31H,7-8H2. The Morgan fingerprint density at radius 3 is 1.35 bits per heavy atom. The minimum atomic E-state index is -0.812. The van der Waals surface area contributed by atoms with Crippen LogP contribution < -0.4 is 0 Å². The Kier molecular flexibility index (Phi) is 7.02. The van der Waals surface area contributed by atoms with Crippen LogP contribution in [0.15, 0.2) is 42.5 Å². The van der Waals surface area contributed by atoms with Crippen LogP contribution in [0.4, 0.5) is 0 Å². The van der Waals surface area contributed by atoms with Gasteiger partial charge in [0.25, 0.3) is 0 Å². The fraction of sp³-hybridized carbons (Fsp3) is 0.0909. The van der Waals surface area contributed by atoms with E-state index in [1.54, 1.807) is 12.1 Å². The van der Waals surface area contributed by atoms with Gasteiger partial charge in [-0.25, -0.2) is 0 Å². The lowest BCUT2D eigenvalue weighted by Crippen LogP contribution is -2.10. The summed E-state index contributed by atoms with van der Waals surface area (Å²) < 4.78 is 0. The van der Waals surface area contributed by atoms with Crippen LogP contribution in [0.5, 0.6) is 17.2 Å². The minimum Gasteiger partial charge on any atom is -0.507 e. The van der Waals surface area contributed by atoms with Crippen LogP contribution in [0.3, 0.4) is 0 Å². The number of aromatic hydroxyl groups is 3. The first-order chi connectivity index (χ1) is 14.6.